The third-order valence-corrected chi connectivity index (χ3v) is 3.28. The molecule has 19 heavy (non-hydrogen) atoms. The molecule has 4 nitrogen and oxygen atoms in total. The molecule has 0 heterocycles. The molecular weight excluding hydrogens is 236 g/mol. The molecule has 1 rings (SSSR count). The van der Waals surface area contributed by atoms with E-state index in [1.54, 1.807) is 0 Å². The van der Waals surface area contributed by atoms with Crippen LogP contribution in [-0.2, 0) is 0 Å². The van der Waals surface area contributed by atoms with E-state index in [0.29, 0.717) is 12.6 Å². The molecule has 0 aromatic heterocycles. The van der Waals surface area contributed by atoms with Crippen molar-refractivity contribution in [3.63, 3.8) is 0 Å². The van der Waals surface area contributed by atoms with Crippen molar-refractivity contribution in [1.82, 2.24) is 5.32 Å². The highest BCUT2D eigenvalue weighted by Crippen LogP contribution is 2.21. The number of nitrogens with zero attached hydrogens (tertiary/aromatic N) is 1. The van der Waals surface area contributed by atoms with Gasteiger partial charge in [0.15, 0.2) is 0 Å². The Kier molecular flexibility index (Phi) is 6.01. The van der Waals surface area contributed by atoms with Crippen molar-refractivity contribution in [1.29, 1.82) is 0 Å². The lowest BCUT2D eigenvalue weighted by atomic mass is 9.88. The Balaban J connectivity index is 2.70. The summed E-state index contributed by atoms with van der Waals surface area (Å²) in [5.41, 5.74) is 13.6. The Morgan fingerprint density at radius 3 is 2.53 bits per heavy atom. The molecule has 1 atom stereocenters. The molecule has 0 aromatic carbocycles. The van der Waals surface area contributed by atoms with Crippen molar-refractivity contribution in [3.8, 4) is 0 Å². The molecule has 5 N–H and O–H groups in total. The molecular formula is C15H30N4. The van der Waals surface area contributed by atoms with Gasteiger partial charge in [0, 0.05) is 35.5 Å². The Morgan fingerprint density at radius 1 is 1.42 bits per heavy atom. The fraction of sp³-hybridized carbons (Fsp3) is 0.800. The molecule has 110 valence electrons. The Morgan fingerprint density at radius 2 is 2.05 bits per heavy atom. The van der Waals surface area contributed by atoms with E-state index in [4.69, 9.17) is 11.5 Å². The monoisotopic (exact) mass is 266 g/mol. The van der Waals surface area contributed by atoms with Crippen LogP contribution in [0, 0.1) is 5.41 Å². The van der Waals surface area contributed by atoms with Crippen molar-refractivity contribution in [2.45, 2.75) is 59.0 Å². The SMILES string of the molecule is C[C@@H](NC1CC1)C(N)=CC(=NCCCN)C(C)(C)C. The summed E-state index contributed by atoms with van der Waals surface area (Å²) < 4.78 is 0. The van der Waals surface area contributed by atoms with Crippen molar-refractivity contribution in [3.05, 3.63) is 11.8 Å². The predicted octanol–water partition coefficient (Wildman–Crippen LogP) is 1.81. The van der Waals surface area contributed by atoms with Crippen LogP contribution in [0.1, 0.15) is 47.0 Å². The maximum absolute atomic E-state index is 6.19. The largest absolute Gasteiger partial charge is 0.401 e. The summed E-state index contributed by atoms with van der Waals surface area (Å²) in [6, 6.07) is 0.878. The van der Waals surface area contributed by atoms with Crippen LogP contribution < -0.4 is 16.8 Å². The Hall–Kier alpha value is -0.870. The van der Waals surface area contributed by atoms with Crippen LogP contribution in [0.25, 0.3) is 0 Å². The maximum atomic E-state index is 6.19. The van der Waals surface area contributed by atoms with Crippen molar-refractivity contribution in [2.24, 2.45) is 21.9 Å². The molecule has 0 unspecified atom stereocenters. The molecule has 0 radical (unpaired) electrons. The molecule has 1 aliphatic carbocycles. The maximum Gasteiger partial charge on any atom is 0.0441 e. The van der Waals surface area contributed by atoms with Crippen LogP contribution in [0.3, 0.4) is 0 Å². The number of rotatable bonds is 7. The lowest BCUT2D eigenvalue weighted by Gasteiger charge is -2.21. The number of hydrogen-bond donors (Lipinski definition) is 3. The van der Waals surface area contributed by atoms with Crippen molar-refractivity contribution in [2.75, 3.05) is 13.1 Å². The smallest absolute Gasteiger partial charge is 0.0441 e. The van der Waals surface area contributed by atoms with Crippen LogP contribution in [0.2, 0.25) is 0 Å². The average molecular weight is 266 g/mol. The molecule has 0 aromatic rings. The van der Waals surface area contributed by atoms with E-state index in [9.17, 15) is 0 Å². The molecule has 1 aliphatic rings. The third kappa shape index (κ3) is 6.21. The summed E-state index contributed by atoms with van der Waals surface area (Å²) in [5.74, 6) is 0. The lowest BCUT2D eigenvalue weighted by molar-refractivity contribution is 0.582. The first-order valence-electron chi connectivity index (χ1n) is 7.32. The van der Waals surface area contributed by atoms with Gasteiger partial charge < -0.3 is 16.8 Å². The van der Waals surface area contributed by atoms with Gasteiger partial charge in [0.25, 0.3) is 0 Å². The van der Waals surface area contributed by atoms with E-state index < -0.39 is 0 Å². The topological polar surface area (TPSA) is 76.4 Å². The molecule has 1 fully saturated rings. The van der Waals surface area contributed by atoms with Crippen LogP contribution in [-0.4, -0.2) is 30.9 Å². The van der Waals surface area contributed by atoms with E-state index in [2.05, 4.69) is 38.0 Å². The summed E-state index contributed by atoms with van der Waals surface area (Å²) in [7, 11) is 0. The summed E-state index contributed by atoms with van der Waals surface area (Å²) in [6.45, 7) is 10.1. The number of nitrogens with one attached hydrogen (secondary N) is 1. The highest BCUT2D eigenvalue weighted by molar-refractivity contribution is 5.99. The zero-order chi connectivity index (χ0) is 14.5. The van der Waals surface area contributed by atoms with E-state index >= 15 is 0 Å². The summed E-state index contributed by atoms with van der Waals surface area (Å²) in [6.07, 6.45) is 5.50. The second kappa shape index (κ2) is 7.06. The van der Waals surface area contributed by atoms with Gasteiger partial charge in [0.05, 0.1) is 0 Å². The summed E-state index contributed by atoms with van der Waals surface area (Å²) >= 11 is 0. The number of aliphatic imine (C=N–C) groups is 1. The minimum absolute atomic E-state index is 0.0124. The van der Waals surface area contributed by atoms with Gasteiger partial charge >= 0.3 is 0 Å². The molecule has 0 bridgehead atoms. The molecule has 0 saturated heterocycles. The van der Waals surface area contributed by atoms with Crippen LogP contribution in [0.5, 0.6) is 0 Å². The standard InChI is InChI=1S/C15H30N4/c1-11(19-12-6-7-12)13(17)10-14(15(2,3)4)18-9-5-8-16/h10-12,19H,5-9,16-17H2,1-4H3/t11-/m1/s1. The zero-order valence-corrected chi connectivity index (χ0v) is 12.9. The van der Waals surface area contributed by atoms with E-state index in [1.807, 2.05) is 6.08 Å². The molecule has 4 heteroatoms. The molecule has 1 saturated carbocycles. The normalized spacial score (nSPS) is 19.6. The number of hydrogen-bond acceptors (Lipinski definition) is 4. The fourth-order valence-corrected chi connectivity index (χ4v) is 1.77. The van der Waals surface area contributed by atoms with Gasteiger partial charge in [0.1, 0.15) is 0 Å². The Bertz CT molecular complexity index is 335. The van der Waals surface area contributed by atoms with Gasteiger partial charge in [-0.1, -0.05) is 20.8 Å². The van der Waals surface area contributed by atoms with Crippen LogP contribution in [0.15, 0.2) is 16.8 Å². The third-order valence-electron chi connectivity index (χ3n) is 3.28. The minimum atomic E-state index is 0.0124. The van der Waals surface area contributed by atoms with E-state index in [-0.39, 0.29) is 11.5 Å². The van der Waals surface area contributed by atoms with Gasteiger partial charge in [-0.3, -0.25) is 4.99 Å². The lowest BCUT2D eigenvalue weighted by Crippen LogP contribution is -2.34. The van der Waals surface area contributed by atoms with Crippen molar-refractivity contribution < 1.29 is 0 Å². The highest BCUT2D eigenvalue weighted by Gasteiger charge is 2.24. The molecule has 0 spiro atoms. The fourth-order valence-electron chi connectivity index (χ4n) is 1.77. The summed E-state index contributed by atoms with van der Waals surface area (Å²) in [5, 5.41) is 3.51. The number of allylic oxidation sites excluding steroid dienone is 1. The first kappa shape index (κ1) is 16.2. The van der Waals surface area contributed by atoms with Gasteiger partial charge in [-0.2, -0.15) is 0 Å². The van der Waals surface area contributed by atoms with Gasteiger partial charge in [-0.15, -0.1) is 0 Å². The second-order valence-corrected chi connectivity index (χ2v) is 6.47. The van der Waals surface area contributed by atoms with E-state index in [0.717, 1.165) is 24.4 Å². The van der Waals surface area contributed by atoms with Gasteiger partial charge in [0.2, 0.25) is 0 Å². The van der Waals surface area contributed by atoms with Gasteiger partial charge in [-0.05, 0) is 38.8 Å². The Labute approximate surface area is 117 Å². The predicted molar refractivity (Wildman–Crippen MR) is 83.3 cm³/mol. The van der Waals surface area contributed by atoms with Crippen molar-refractivity contribution >= 4 is 5.71 Å². The zero-order valence-electron chi connectivity index (χ0n) is 12.9. The highest BCUT2D eigenvalue weighted by atomic mass is 15.0. The first-order chi connectivity index (χ1) is 8.84. The molecule has 0 aliphatic heterocycles. The van der Waals surface area contributed by atoms with Gasteiger partial charge in [-0.25, -0.2) is 0 Å². The van der Waals surface area contributed by atoms with E-state index in [1.165, 1.54) is 12.8 Å². The minimum Gasteiger partial charge on any atom is -0.401 e. The average Bonchev–Trinajstić information content (AvgIpc) is 3.10. The van der Waals surface area contributed by atoms with Crippen LogP contribution in [0.4, 0.5) is 0 Å². The number of nitrogens with two attached hydrogens (primary N) is 2. The molecule has 0 amide bonds. The first-order valence-corrected chi connectivity index (χ1v) is 7.32. The summed E-state index contributed by atoms with van der Waals surface area (Å²) in [4.78, 5) is 4.65. The second-order valence-electron chi connectivity index (χ2n) is 6.47. The van der Waals surface area contributed by atoms with Crippen LogP contribution >= 0.6 is 0 Å². The quantitative estimate of drug-likeness (QED) is 0.486.